The van der Waals surface area contributed by atoms with Crippen LogP contribution >= 0.6 is 34.7 Å². The van der Waals surface area contributed by atoms with E-state index in [9.17, 15) is 5.26 Å². The van der Waals surface area contributed by atoms with Crippen LogP contribution in [0.5, 0.6) is 11.5 Å². The third-order valence-corrected chi connectivity index (χ3v) is 6.73. The zero-order valence-electron chi connectivity index (χ0n) is 17.2. The summed E-state index contributed by atoms with van der Waals surface area (Å²) >= 11 is 8.89. The first-order valence-corrected chi connectivity index (χ1v) is 11.9. The highest BCUT2D eigenvalue weighted by atomic mass is 35.5. The Morgan fingerprint density at radius 2 is 1.91 bits per heavy atom. The van der Waals surface area contributed by atoms with Crippen LogP contribution in [0.4, 0.5) is 0 Å². The normalized spacial score (nSPS) is 11.3. The molecule has 0 amide bonds. The minimum absolute atomic E-state index is 0.406. The van der Waals surface area contributed by atoms with E-state index in [4.69, 9.17) is 21.1 Å². The van der Waals surface area contributed by atoms with E-state index in [0.29, 0.717) is 34.6 Å². The quantitative estimate of drug-likeness (QED) is 0.193. The predicted octanol–water partition coefficient (Wildman–Crippen LogP) is 7.58. The monoisotopic (exact) mass is 478 g/mol. The van der Waals surface area contributed by atoms with E-state index in [1.54, 1.807) is 11.3 Å². The Balaban J connectivity index is 1.52. The lowest BCUT2D eigenvalue weighted by Crippen LogP contribution is -2.00. The molecule has 4 nitrogen and oxygen atoms in total. The van der Waals surface area contributed by atoms with Gasteiger partial charge in [0.2, 0.25) is 0 Å². The third kappa shape index (κ3) is 5.63. The molecule has 0 radical (unpaired) electrons. The molecule has 0 bridgehead atoms. The number of thiazole rings is 1. The largest absolute Gasteiger partial charge is 0.490 e. The van der Waals surface area contributed by atoms with Crippen LogP contribution in [0.3, 0.4) is 0 Å². The fourth-order valence-corrected chi connectivity index (χ4v) is 5.07. The molecular formula is C25H19ClN2O2S2. The molecule has 0 N–H and O–H groups in total. The SMILES string of the molecule is CCOc1cc(C=C(C#N)Sc2nc3ccccc3s2)ccc1OCc1ccc(Cl)cc1. The van der Waals surface area contributed by atoms with Gasteiger partial charge in [-0.1, -0.05) is 41.9 Å². The van der Waals surface area contributed by atoms with Crippen molar-refractivity contribution in [3.63, 3.8) is 0 Å². The number of nitriles is 1. The van der Waals surface area contributed by atoms with Crippen LogP contribution < -0.4 is 9.47 Å². The Morgan fingerprint density at radius 3 is 2.66 bits per heavy atom. The average Bonchev–Trinajstić information content (AvgIpc) is 3.22. The average molecular weight is 479 g/mol. The van der Waals surface area contributed by atoms with E-state index in [-0.39, 0.29) is 0 Å². The molecule has 4 rings (SSSR count). The van der Waals surface area contributed by atoms with Crippen LogP contribution in [-0.4, -0.2) is 11.6 Å². The van der Waals surface area contributed by atoms with Gasteiger partial charge in [-0.05, 0) is 72.3 Å². The molecule has 7 heteroatoms. The molecule has 0 aliphatic carbocycles. The second-order valence-electron chi connectivity index (χ2n) is 6.72. The summed E-state index contributed by atoms with van der Waals surface area (Å²) in [7, 11) is 0. The Labute approximate surface area is 200 Å². The van der Waals surface area contributed by atoms with E-state index in [0.717, 1.165) is 25.7 Å². The van der Waals surface area contributed by atoms with Crippen molar-refractivity contribution in [2.45, 2.75) is 17.9 Å². The summed E-state index contributed by atoms with van der Waals surface area (Å²) in [5.74, 6) is 1.29. The molecule has 3 aromatic carbocycles. The van der Waals surface area contributed by atoms with Crippen LogP contribution in [0.25, 0.3) is 16.3 Å². The molecule has 1 heterocycles. The lowest BCUT2D eigenvalue weighted by molar-refractivity contribution is 0.269. The number of aromatic nitrogens is 1. The minimum Gasteiger partial charge on any atom is -0.490 e. The summed E-state index contributed by atoms with van der Waals surface area (Å²) in [5, 5.41) is 10.3. The van der Waals surface area contributed by atoms with Crippen molar-refractivity contribution in [1.82, 2.24) is 4.98 Å². The Kier molecular flexibility index (Phi) is 7.33. The number of ether oxygens (including phenoxy) is 2. The highest BCUT2D eigenvalue weighted by molar-refractivity contribution is 8.05. The van der Waals surface area contributed by atoms with Crippen LogP contribution in [0.1, 0.15) is 18.1 Å². The lowest BCUT2D eigenvalue weighted by Gasteiger charge is -2.13. The number of hydrogen-bond donors (Lipinski definition) is 0. The standard InChI is InChI=1S/C25H19ClN2O2S2/c1-2-29-23-14-18(9-12-22(23)30-16-17-7-10-19(26)11-8-17)13-20(15-27)31-25-28-21-5-3-4-6-24(21)32-25/h3-14H,2,16H2,1H3. The molecule has 0 unspecified atom stereocenters. The van der Waals surface area contributed by atoms with Crippen LogP contribution in [0.15, 0.2) is 76.0 Å². The second-order valence-corrected chi connectivity index (χ2v) is 9.48. The lowest BCUT2D eigenvalue weighted by atomic mass is 10.2. The fraction of sp³-hybridized carbons (Fsp3) is 0.120. The maximum atomic E-state index is 9.65. The number of para-hydroxylation sites is 1. The van der Waals surface area contributed by atoms with Gasteiger partial charge in [0.1, 0.15) is 12.7 Å². The first-order valence-electron chi connectivity index (χ1n) is 9.94. The van der Waals surface area contributed by atoms with Gasteiger partial charge >= 0.3 is 0 Å². The van der Waals surface area contributed by atoms with Gasteiger partial charge in [-0.25, -0.2) is 4.98 Å². The molecular weight excluding hydrogens is 460 g/mol. The van der Waals surface area contributed by atoms with E-state index >= 15 is 0 Å². The number of thioether (sulfide) groups is 1. The summed E-state index contributed by atoms with van der Waals surface area (Å²) in [5.41, 5.74) is 2.82. The van der Waals surface area contributed by atoms with E-state index < -0.39 is 0 Å². The molecule has 0 saturated carbocycles. The Morgan fingerprint density at radius 1 is 1.09 bits per heavy atom. The number of benzene rings is 3. The van der Waals surface area contributed by atoms with Gasteiger partial charge in [0.15, 0.2) is 15.8 Å². The van der Waals surface area contributed by atoms with Gasteiger partial charge in [-0.2, -0.15) is 5.26 Å². The van der Waals surface area contributed by atoms with Crippen molar-refractivity contribution in [3.05, 3.63) is 87.8 Å². The first kappa shape index (κ1) is 22.2. The van der Waals surface area contributed by atoms with Gasteiger partial charge in [0.05, 0.1) is 21.7 Å². The molecule has 0 aliphatic heterocycles. The number of allylic oxidation sites excluding steroid dienone is 1. The summed E-state index contributed by atoms with van der Waals surface area (Å²) in [6.07, 6.45) is 1.84. The second kappa shape index (κ2) is 10.6. The molecule has 0 fully saturated rings. The van der Waals surface area contributed by atoms with Crippen LogP contribution in [0.2, 0.25) is 5.02 Å². The van der Waals surface area contributed by atoms with E-state index in [1.165, 1.54) is 11.8 Å². The third-order valence-electron chi connectivity index (χ3n) is 4.45. The topological polar surface area (TPSA) is 55.1 Å². The Bertz CT molecular complexity index is 1260. The van der Waals surface area contributed by atoms with Gasteiger partial charge in [0, 0.05) is 5.02 Å². The summed E-state index contributed by atoms with van der Waals surface area (Å²) in [6.45, 7) is 2.84. The van der Waals surface area contributed by atoms with Crippen molar-refractivity contribution in [3.8, 4) is 17.6 Å². The van der Waals surface area contributed by atoms with Gasteiger partial charge in [-0.15, -0.1) is 11.3 Å². The van der Waals surface area contributed by atoms with Crippen molar-refractivity contribution in [2.24, 2.45) is 0 Å². The molecule has 32 heavy (non-hydrogen) atoms. The van der Waals surface area contributed by atoms with E-state index in [1.807, 2.05) is 79.7 Å². The maximum absolute atomic E-state index is 9.65. The number of fused-ring (bicyclic) bond motifs is 1. The van der Waals surface area contributed by atoms with Crippen LogP contribution in [0, 0.1) is 11.3 Å². The zero-order chi connectivity index (χ0) is 22.3. The molecule has 0 spiro atoms. The molecule has 1 aromatic heterocycles. The van der Waals surface area contributed by atoms with Gasteiger partial charge in [0.25, 0.3) is 0 Å². The predicted molar refractivity (Wildman–Crippen MR) is 132 cm³/mol. The summed E-state index contributed by atoms with van der Waals surface area (Å²) in [4.78, 5) is 5.16. The number of halogens is 1. The highest BCUT2D eigenvalue weighted by Gasteiger charge is 2.10. The highest BCUT2D eigenvalue weighted by Crippen LogP contribution is 2.36. The molecule has 0 aliphatic rings. The van der Waals surface area contributed by atoms with Crippen molar-refractivity contribution < 1.29 is 9.47 Å². The van der Waals surface area contributed by atoms with Crippen molar-refractivity contribution in [1.29, 1.82) is 5.26 Å². The first-order chi connectivity index (χ1) is 15.6. The van der Waals surface area contributed by atoms with Crippen molar-refractivity contribution in [2.75, 3.05) is 6.61 Å². The number of rotatable bonds is 8. The fourth-order valence-electron chi connectivity index (χ4n) is 2.97. The Hall–Kier alpha value is -2.98. The molecule has 4 aromatic rings. The smallest absolute Gasteiger partial charge is 0.161 e. The molecule has 0 atom stereocenters. The van der Waals surface area contributed by atoms with Crippen molar-refractivity contribution >= 4 is 51.0 Å². The summed E-state index contributed by atoms with van der Waals surface area (Å²) in [6, 6.07) is 23.4. The maximum Gasteiger partial charge on any atom is 0.161 e. The number of hydrogen-bond acceptors (Lipinski definition) is 6. The van der Waals surface area contributed by atoms with Gasteiger partial charge < -0.3 is 9.47 Å². The summed E-state index contributed by atoms with van der Waals surface area (Å²) < 4.78 is 13.7. The minimum atomic E-state index is 0.406. The zero-order valence-corrected chi connectivity index (χ0v) is 19.6. The van der Waals surface area contributed by atoms with Crippen LogP contribution in [-0.2, 0) is 6.61 Å². The van der Waals surface area contributed by atoms with Gasteiger partial charge in [-0.3, -0.25) is 0 Å². The number of nitrogens with zero attached hydrogens (tertiary/aromatic N) is 2. The molecule has 0 saturated heterocycles. The molecule has 160 valence electrons. The van der Waals surface area contributed by atoms with E-state index in [2.05, 4.69) is 11.1 Å².